The Morgan fingerprint density at radius 1 is 1.37 bits per heavy atom. The van der Waals surface area contributed by atoms with Crippen LogP contribution in [0.15, 0.2) is 42.6 Å². The molecule has 0 aliphatic rings. The Bertz CT molecular complexity index is 584. The van der Waals surface area contributed by atoms with Crippen molar-refractivity contribution in [3.63, 3.8) is 0 Å². The van der Waals surface area contributed by atoms with E-state index in [4.69, 9.17) is 10.5 Å². The molecule has 2 rings (SSSR count). The largest absolute Gasteiger partial charge is 0.481 e. The van der Waals surface area contributed by atoms with Crippen LogP contribution in [0.25, 0.3) is 11.1 Å². The first kappa shape index (κ1) is 12.9. The molecule has 0 aliphatic heterocycles. The van der Waals surface area contributed by atoms with Gasteiger partial charge in [-0.3, -0.25) is 0 Å². The lowest BCUT2D eigenvalue weighted by Gasteiger charge is -2.09. The van der Waals surface area contributed by atoms with Gasteiger partial charge < -0.3 is 15.8 Å². The molecule has 0 radical (unpaired) electrons. The number of aromatic nitrogens is 1. The minimum absolute atomic E-state index is 0.395. The second kappa shape index (κ2) is 5.86. The number of nitrogens with zero attached hydrogens (tertiary/aromatic N) is 1. The van der Waals surface area contributed by atoms with E-state index in [-0.39, 0.29) is 0 Å². The van der Waals surface area contributed by atoms with Crippen molar-refractivity contribution in [1.29, 1.82) is 0 Å². The number of nitrogens with two attached hydrogens (primary N) is 1. The van der Waals surface area contributed by atoms with Crippen LogP contribution in [0.1, 0.15) is 5.56 Å². The summed E-state index contributed by atoms with van der Waals surface area (Å²) in [6.07, 6.45) is 1.68. The number of nitrogens with one attached hydrogen (secondary N) is 1. The van der Waals surface area contributed by atoms with Gasteiger partial charge in [0, 0.05) is 18.3 Å². The number of benzene rings is 1. The minimum Gasteiger partial charge on any atom is -0.481 e. The summed E-state index contributed by atoms with van der Waals surface area (Å²) in [5, 5.41) is 2.56. The van der Waals surface area contributed by atoms with Crippen LogP contribution in [0.4, 0.5) is 4.79 Å². The predicted octanol–water partition coefficient (Wildman–Crippen LogP) is 1.93. The molecule has 3 N–H and O–H groups in total. The molecular weight excluding hydrogens is 242 g/mol. The van der Waals surface area contributed by atoms with E-state index in [1.807, 2.05) is 36.4 Å². The standard InChI is InChI=1S/C14H15N3O2/c1-19-13-12(6-3-7-16-13)11-5-2-4-10(8-11)9-17-14(15)18/h2-8H,9H2,1H3,(H3,15,17,18). The number of hydrogen-bond acceptors (Lipinski definition) is 3. The summed E-state index contributed by atoms with van der Waals surface area (Å²) in [4.78, 5) is 14.9. The van der Waals surface area contributed by atoms with Crippen LogP contribution in [0.5, 0.6) is 5.88 Å². The fourth-order valence-corrected chi connectivity index (χ4v) is 1.81. The Labute approximate surface area is 111 Å². The first-order valence-electron chi connectivity index (χ1n) is 5.82. The summed E-state index contributed by atoms with van der Waals surface area (Å²) in [7, 11) is 1.59. The summed E-state index contributed by atoms with van der Waals surface area (Å²) in [5.41, 5.74) is 7.90. The minimum atomic E-state index is -0.538. The lowest BCUT2D eigenvalue weighted by atomic mass is 10.0. The monoisotopic (exact) mass is 257 g/mol. The number of amides is 2. The molecule has 1 aromatic carbocycles. The number of carbonyl (C=O) groups is 1. The van der Waals surface area contributed by atoms with Gasteiger partial charge in [0.2, 0.25) is 5.88 Å². The van der Waals surface area contributed by atoms with Crippen molar-refractivity contribution in [2.24, 2.45) is 5.73 Å². The Hall–Kier alpha value is -2.56. The summed E-state index contributed by atoms with van der Waals surface area (Å²) >= 11 is 0. The quantitative estimate of drug-likeness (QED) is 0.878. The SMILES string of the molecule is COc1ncccc1-c1cccc(CNC(N)=O)c1. The molecule has 0 saturated carbocycles. The molecule has 2 aromatic rings. The number of carbonyl (C=O) groups excluding carboxylic acids is 1. The van der Waals surface area contributed by atoms with Gasteiger partial charge in [-0.05, 0) is 29.3 Å². The van der Waals surface area contributed by atoms with Crippen molar-refractivity contribution in [2.45, 2.75) is 6.54 Å². The molecule has 5 heteroatoms. The fraction of sp³-hybridized carbons (Fsp3) is 0.143. The van der Waals surface area contributed by atoms with Gasteiger partial charge in [0.1, 0.15) is 0 Å². The second-order valence-corrected chi connectivity index (χ2v) is 3.98. The van der Waals surface area contributed by atoms with Crippen LogP contribution in [-0.4, -0.2) is 18.1 Å². The van der Waals surface area contributed by atoms with E-state index < -0.39 is 6.03 Å². The molecular formula is C14H15N3O2. The van der Waals surface area contributed by atoms with Crippen molar-refractivity contribution < 1.29 is 9.53 Å². The molecule has 0 aliphatic carbocycles. The number of urea groups is 1. The van der Waals surface area contributed by atoms with E-state index in [9.17, 15) is 4.79 Å². The first-order chi connectivity index (χ1) is 9.20. The number of primary amides is 1. The normalized spacial score (nSPS) is 9.95. The zero-order valence-electron chi connectivity index (χ0n) is 10.6. The summed E-state index contributed by atoms with van der Waals surface area (Å²) < 4.78 is 5.24. The van der Waals surface area contributed by atoms with Gasteiger partial charge in [-0.25, -0.2) is 9.78 Å². The smallest absolute Gasteiger partial charge is 0.312 e. The Kier molecular flexibility index (Phi) is 3.97. The molecule has 0 spiro atoms. The molecule has 1 heterocycles. The third kappa shape index (κ3) is 3.22. The summed E-state index contributed by atoms with van der Waals surface area (Å²) in [5.74, 6) is 0.572. The van der Waals surface area contributed by atoms with Crippen LogP contribution in [0.3, 0.4) is 0 Å². The van der Waals surface area contributed by atoms with Crippen molar-refractivity contribution in [3.8, 4) is 17.0 Å². The van der Waals surface area contributed by atoms with Gasteiger partial charge >= 0.3 is 6.03 Å². The molecule has 19 heavy (non-hydrogen) atoms. The highest BCUT2D eigenvalue weighted by atomic mass is 16.5. The number of pyridine rings is 1. The summed E-state index contributed by atoms with van der Waals surface area (Å²) in [6.45, 7) is 0.395. The molecule has 0 bridgehead atoms. The number of methoxy groups -OCH3 is 1. The van der Waals surface area contributed by atoms with Crippen molar-refractivity contribution in [3.05, 3.63) is 48.2 Å². The highest BCUT2D eigenvalue weighted by Crippen LogP contribution is 2.27. The summed E-state index contributed by atoms with van der Waals surface area (Å²) in [6, 6.07) is 11.0. The molecule has 2 amide bonds. The Morgan fingerprint density at radius 2 is 2.21 bits per heavy atom. The average Bonchev–Trinajstić information content (AvgIpc) is 2.45. The van der Waals surface area contributed by atoms with E-state index in [0.717, 1.165) is 16.7 Å². The molecule has 0 fully saturated rings. The van der Waals surface area contributed by atoms with Crippen LogP contribution < -0.4 is 15.8 Å². The predicted molar refractivity (Wildman–Crippen MR) is 72.6 cm³/mol. The van der Waals surface area contributed by atoms with Gasteiger partial charge in [0.25, 0.3) is 0 Å². The Balaban J connectivity index is 2.29. The molecule has 5 nitrogen and oxygen atoms in total. The van der Waals surface area contributed by atoms with Crippen LogP contribution in [-0.2, 0) is 6.54 Å². The zero-order valence-corrected chi connectivity index (χ0v) is 10.6. The number of rotatable bonds is 4. The lowest BCUT2D eigenvalue weighted by Crippen LogP contribution is -2.28. The van der Waals surface area contributed by atoms with Gasteiger partial charge in [-0.2, -0.15) is 0 Å². The van der Waals surface area contributed by atoms with Gasteiger partial charge in [0.05, 0.1) is 7.11 Å². The topological polar surface area (TPSA) is 77.2 Å². The average molecular weight is 257 g/mol. The maximum atomic E-state index is 10.7. The van der Waals surface area contributed by atoms with Crippen molar-refractivity contribution >= 4 is 6.03 Å². The van der Waals surface area contributed by atoms with E-state index in [1.54, 1.807) is 13.3 Å². The van der Waals surface area contributed by atoms with Gasteiger partial charge in [0.15, 0.2) is 0 Å². The third-order valence-corrected chi connectivity index (χ3v) is 2.67. The molecule has 0 atom stereocenters. The van der Waals surface area contributed by atoms with E-state index in [1.165, 1.54) is 0 Å². The van der Waals surface area contributed by atoms with Crippen LogP contribution in [0, 0.1) is 0 Å². The fourth-order valence-electron chi connectivity index (χ4n) is 1.81. The maximum Gasteiger partial charge on any atom is 0.312 e. The highest BCUT2D eigenvalue weighted by molar-refractivity contribution is 5.72. The van der Waals surface area contributed by atoms with Crippen molar-refractivity contribution in [1.82, 2.24) is 10.3 Å². The molecule has 0 unspecified atom stereocenters. The Morgan fingerprint density at radius 3 is 2.95 bits per heavy atom. The van der Waals surface area contributed by atoms with Gasteiger partial charge in [-0.1, -0.05) is 18.2 Å². The zero-order chi connectivity index (χ0) is 13.7. The number of ether oxygens (including phenoxy) is 1. The molecule has 0 saturated heterocycles. The van der Waals surface area contributed by atoms with E-state index in [2.05, 4.69) is 10.3 Å². The van der Waals surface area contributed by atoms with Crippen molar-refractivity contribution in [2.75, 3.05) is 7.11 Å². The third-order valence-electron chi connectivity index (χ3n) is 2.67. The van der Waals surface area contributed by atoms with Gasteiger partial charge in [-0.15, -0.1) is 0 Å². The maximum absolute atomic E-state index is 10.7. The first-order valence-corrected chi connectivity index (χ1v) is 5.82. The number of hydrogen-bond donors (Lipinski definition) is 2. The van der Waals surface area contributed by atoms with Crippen LogP contribution >= 0.6 is 0 Å². The molecule has 98 valence electrons. The van der Waals surface area contributed by atoms with Crippen LogP contribution in [0.2, 0.25) is 0 Å². The van der Waals surface area contributed by atoms with E-state index >= 15 is 0 Å². The van der Waals surface area contributed by atoms with E-state index in [0.29, 0.717) is 12.4 Å². The highest BCUT2D eigenvalue weighted by Gasteiger charge is 2.06. The second-order valence-electron chi connectivity index (χ2n) is 3.98. The lowest BCUT2D eigenvalue weighted by molar-refractivity contribution is 0.248. The molecule has 1 aromatic heterocycles.